The molecule has 3 nitrogen and oxygen atoms in total. The Morgan fingerprint density at radius 1 is 0.413 bits per heavy atom. The van der Waals surface area contributed by atoms with E-state index >= 15 is 0 Å². The van der Waals surface area contributed by atoms with E-state index in [0.29, 0.717) is 11.5 Å². The van der Waals surface area contributed by atoms with Crippen LogP contribution in [0.2, 0.25) is 0 Å². The van der Waals surface area contributed by atoms with Crippen LogP contribution in [0.25, 0.3) is 66.3 Å². The molecule has 0 aliphatic carbocycles. The van der Waals surface area contributed by atoms with Crippen LogP contribution in [0.4, 0.5) is 0 Å². The number of ether oxygens (including phenoxy) is 1. The number of hydrogen-bond donors (Lipinski definition) is 0. The molecule has 8 aromatic rings. The molecule has 46 heavy (non-hydrogen) atoms. The van der Waals surface area contributed by atoms with Gasteiger partial charge in [-0.05, 0) is 45.8 Å². The summed E-state index contributed by atoms with van der Waals surface area (Å²) in [6.45, 7) is 0. The van der Waals surface area contributed by atoms with Crippen LogP contribution in [-0.2, 0) is 21.1 Å². The quantitative estimate of drug-likeness (QED) is 0.158. The number of rotatable bonds is 6. The molecule has 0 N–H and O–H groups in total. The fraction of sp³-hybridized carbons (Fsp3) is 0. The number of aromatic nitrogens is 2. The van der Waals surface area contributed by atoms with Crippen LogP contribution in [0, 0.1) is 12.1 Å². The Balaban J connectivity index is 0.00000338. The predicted octanol–water partition coefficient (Wildman–Crippen LogP) is 10.8. The Morgan fingerprint density at radius 3 is 1.28 bits per heavy atom. The minimum Gasteiger partial charge on any atom is -0.495 e. The van der Waals surface area contributed by atoms with Crippen LogP contribution in [0.15, 0.2) is 158 Å². The third-order valence-electron chi connectivity index (χ3n) is 8.00. The van der Waals surface area contributed by atoms with Crippen molar-refractivity contribution in [2.45, 2.75) is 0 Å². The van der Waals surface area contributed by atoms with Crippen molar-refractivity contribution in [2.24, 2.45) is 0 Å². The summed E-state index contributed by atoms with van der Waals surface area (Å²) in [5.41, 5.74) is 7.86. The first-order valence-corrected chi connectivity index (χ1v) is 14.9. The molecular formula is C42H26N2OPt. The van der Waals surface area contributed by atoms with Crippen LogP contribution < -0.4 is 4.74 Å². The average Bonchev–Trinajstić information content (AvgIpc) is 3.12. The molecule has 0 amide bonds. The molecule has 220 valence electrons. The van der Waals surface area contributed by atoms with Gasteiger partial charge in [-0.25, -0.2) is 0 Å². The van der Waals surface area contributed by atoms with Gasteiger partial charge in [-0.15, -0.1) is 23.3 Å². The first-order valence-electron chi connectivity index (χ1n) is 14.9. The SMILES string of the molecule is [Pt+2].[c-]1c(-c2cc(-c3ccccc3)ccn2)cc2ccccc2c1Oc1[c-]c(-c2cc(-c3ccccc3)ccn2)cc2ccccc12. The molecule has 4 heteroatoms. The summed E-state index contributed by atoms with van der Waals surface area (Å²) in [5, 5.41) is 4.02. The van der Waals surface area contributed by atoms with Crippen molar-refractivity contribution >= 4 is 21.5 Å². The number of nitrogens with zero attached hydrogens (tertiary/aromatic N) is 2. The Bertz CT molecular complexity index is 2140. The minimum atomic E-state index is 0. The second kappa shape index (κ2) is 12.9. The zero-order valence-corrected chi connectivity index (χ0v) is 26.9. The second-order valence-electron chi connectivity index (χ2n) is 10.9. The van der Waals surface area contributed by atoms with Crippen LogP contribution >= 0.6 is 0 Å². The molecule has 0 unspecified atom stereocenters. The summed E-state index contributed by atoms with van der Waals surface area (Å²) in [6.07, 6.45) is 3.70. The smallest absolute Gasteiger partial charge is 0.495 e. The van der Waals surface area contributed by atoms with E-state index in [2.05, 4.69) is 84.9 Å². The van der Waals surface area contributed by atoms with Gasteiger partial charge in [-0.2, -0.15) is 0 Å². The van der Waals surface area contributed by atoms with E-state index in [-0.39, 0.29) is 21.1 Å². The Kier molecular flexibility index (Phi) is 8.25. The molecule has 0 radical (unpaired) electrons. The summed E-state index contributed by atoms with van der Waals surface area (Å²) in [5.74, 6) is 1.25. The monoisotopic (exact) mass is 769 g/mol. The van der Waals surface area contributed by atoms with E-state index in [1.807, 2.05) is 85.2 Å². The van der Waals surface area contributed by atoms with Gasteiger partial charge in [0.1, 0.15) is 0 Å². The summed E-state index contributed by atoms with van der Waals surface area (Å²) in [4.78, 5) is 9.45. The van der Waals surface area contributed by atoms with Crippen molar-refractivity contribution in [2.75, 3.05) is 0 Å². The number of pyridine rings is 2. The number of benzene rings is 6. The first-order chi connectivity index (χ1) is 22.3. The number of fused-ring (bicyclic) bond motifs is 2. The molecule has 2 heterocycles. The molecule has 0 spiro atoms. The van der Waals surface area contributed by atoms with E-state index in [4.69, 9.17) is 14.7 Å². The molecule has 6 aromatic carbocycles. The van der Waals surface area contributed by atoms with E-state index < -0.39 is 0 Å². The van der Waals surface area contributed by atoms with Crippen molar-refractivity contribution in [1.82, 2.24) is 9.97 Å². The van der Waals surface area contributed by atoms with Crippen molar-refractivity contribution < 1.29 is 25.8 Å². The van der Waals surface area contributed by atoms with Crippen LogP contribution in [0.1, 0.15) is 0 Å². The van der Waals surface area contributed by atoms with Gasteiger partial charge in [-0.1, -0.05) is 155 Å². The fourth-order valence-corrected chi connectivity index (χ4v) is 5.74. The van der Waals surface area contributed by atoms with E-state index in [1.165, 1.54) is 0 Å². The molecular weight excluding hydrogens is 744 g/mol. The van der Waals surface area contributed by atoms with Crippen LogP contribution in [-0.4, -0.2) is 9.97 Å². The van der Waals surface area contributed by atoms with Crippen molar-refractivity contribution in [3.8, 4) is 56.3 Å². The summed E-state index contributed by atoms with van der Waals surface area (Å²) < 4.78 is 6.79. The van der Waals surface area contributed by atoms with E-state index in [0.717, 1.165) is 66.3 Å². The van der Waals surface area contributed by atoms with Crippen LogP contribution in [0.5, 0.6) is 11.5 Å². The maximum absolute atomic E-state index is 6.79. The Morgan fingerprint density at radius 2 is 0.826 bits per heavy atom. The maximum Gasteiger partial charge on any atom is 2.00 e. The normalized spacial score (nSPS) is 10.9. The van der Waals surface area contributed by atoms with Gasteiger partial charge < -0.3 is 14.7 Å². The summed E-state index contributed by atoms with van der Waals surface area (Å²) in [7, 11) is 0. The average molecular weight is 770 g/mol. The van der Waals surface area contributed by atoms with Gasteiger partial charge in [0.15, 0.2) is 0 Å². The molecule has 0 saturated heterocycles. The zero-order chi connectivity index (χ0) is 30.0. The topological polar surface area (TPSA) is 35.0 Å². The van der Waals surface area contributed by atoms with Crippen LogP contribution in [0.3, 0.4) is 0 Å². The summed E-state index contributed by atoms with van der Waals surface area (Å²) in [6, 6.07) is 56.8. The van der Waals surface area contributed by atoms with E-state index in [1.54, 1.807) is 0 Å². The van der Waals surface area contributed by atoms with Gasteiger partial charge in [0.2, 0.25) is 0 Å². The largest absolute Gasteiger partial charge is 2.00 e. The minimum absolute atomic E-state index is 0. The molecule has 0 saturated carbocycles. The third kappa shape index (κ3) is 5.86. The van der Waals surface area contributed by atoms with Gasteiger partial charge in [0.05, 0.1) is 11.5 Å². The Labute approximate surface area is 282 Å². The number of hydrogen-bond acceptors (Lipinski definition) is 3. The molecule has 2 aromatic heterocycles. The van der Waals surface area contributed by atoms with E-state index in [9.17, 15) is 0 Å². The molecule has 0 aliphatic heterocycles. The maximum atomic E-state index is 6.79. The summed E-state index contributed by atoms with van der Waals surface area (Å²) >= 11 is 0. The molecule has 0 bridgehead atoms. The third-order valence-corrected chi connectivity index (χ3v) is 8.00. The second-order valence-corrected chi connectivity index (χ2v) is 10.9. The van der Waals surface area contributed by atoms with Gasteiger partial charge >= 0.3 is 21.1 Å². The molecule has 0 fully saturated rings. The van der Waals surface area contributed by atoms with Gasteiger partial charge in [0, 0.05) is 12.4 Å². The molecule has 0 aliphatic rings. The predicted molar refractivity (Wildman–Crippen MR) is 183 cm³/mol. The van der Waals surface area contributed by atoms with Gasteiger partial charge in [0.25, 0.3) is 0 Å². The van der Waals surface area contributed by atoms with Crippen molar-refractivity contribution in [3.05, 3.63) is 170 Å². The standard InChI is InChI=1S/C42H26N2O.Pt/c1-3-11-29(12-4-1)31-19-21-43-39(25-31)35-23-33-15-7-9-17-37(33)41(27-35)45-42-28-36(24-34-16-8-10-18-38(34)42)40-26-32(20-22-44-40)30-13-5-2-6-14-30;/h1-26H;/q-2;+2. The van der Waals surface area contributed by atoms with Gasteiger partial charge in [-0.3, -0.25) is 0 Å². The van der Waals surface area contributed by atoms with Crippen molar-refractivity contribution in [1.29, 1.82) is 0 Å². The molecule has 0 atom stereocenters. The Hall–Kier alpha value is -5.37. The van der Waals surface area contributed by atoms with Crippen molar-refractivity contribution in [3.63, 3.8) is 0 Å². The molecule has 8 rings (SSSR count). The fourth-order valence-electron chi connectivity index (χ4n) is 5.74. The first kappa shape index (κ1) is 29.3. The zero-order valence-electron chi connectivity index (χ0n) is 24.6.